The molecule has 0 aromatic heterocycles. The van der Waals surface area contributed by atoms with Crippen LogP contribution in [0.1, 0.15) is 5.56 Å². The number of hydrogen-bond donors (Lipinski definition) is 0. The molecule has 0 aliphatic carbocycles. The van der Waals surface area contributed by atoms with Crippen LogP contribution in [0, 0.1) is 5.82 Å². The zero-order valence-electron chi connectivity index (χ0n) is 15.3. The standard InChI is InChI=1S/C21H26FN3O/c1-23(20-5-3-2-4-6-20)21(26)17-25-15-13-24(14-16-25)12-11-18-7-9-19(22)10-8-18/h2-10H,11-17H2,1H3. The Kier molecular flexibility index (Phi) is 6.36. The van der Waals surface area contributed by atoms with Crippen molar-refractivity contribution in [2.75, 3.05) is 51.2 Å². The van der Waals surface area contributed by atoms with Crippen LogP contribution in [0.15, 0.2) is 54.6 Å². The molecule has 1 aliphatic rings. The average Bonchev–Trinajstić information content (AvgIpc) is 2.68. The summed E-state index contributed by atoms with van der Waals surface area (Å²) in [5, 5.41) is 0. The minimum absolute atomic E-state index is 0.121. The molecule has 5 heteroatoms. The molecule has 0 spiro atoms. The summed E-state index contributed by atoms with van der Waals surface area (Å²) in [6, 6.07) is 16.5. The van der Waals surface area contributed by atoms with E-state index in [0.717, 1.165) is 50.4 Å². The number of nitrogens with zero attached hydrogens (tertiary/aromatic N) is 3. The molecular weight excluding hydrogens is 329 g/mol. The molecule has 0 bridgehead atoms. The Hall–Kier alpha value is -2.24. The van der Waals surface area contributed by atoms with Gasteiger partial charge in [-0.1, -0.05) is 30.3 Å². The third kappa shape index (κ3) is 5.13. The van der Waals surface area contributed by atoms with Crippen molar-refractivity contribution in [1.82, 2.24) is 9.80 Å². The van der Waals surface area contributed by atoms with Crippen LogP contribution in [0.5, 0.6) is 0 Å². The van der Waals surface area contributed by atoms with Crippen molar-refractivity contribution in [2.24, 2.45) is 0 Å². The van der Waals surface area contributed by atoms with Gasteiger partial charge in [-0.25, -0.2) is 4.39 Å². The minimum atomic E-state index is -0.187. The third-order valence-corrected chi connectivity index (χ3v) is 4.97. The van der Waals surface area contributed by atoms with Crippen molar-refractivity contribution >= 4 is 11.6 Å². The van der Waals surface area contributed by atoms with Crippen molar-refractivity contribution in [3.05, 3.63) is 66.0 Å². The van der Waals surface area contributed by atoms with Gasteiger partial charge in [0.2, 0.25) is 5.91 Å². The molecule has 1 fully saturated rings. The highest BCUT2D eigenvalue weighted by Crippen LogP contribution is 2.12. The minimum Gasteiger partial charge on any atom is -0.314 e. The lowest BCUT2D eigenvalue weighted by Gasteiger charge is -2.35. The van der Waals surface area contributed by atoms with Crippen LogP contribution in [-0.4, -0.2) is 62.0 Å². The number of anilines is 1. The van der Waals surface area contributed by atoms with E-state index in [9.17, 15) is 9.18 Å². The molecule has 0 N–H and O–H groups in total. The Labute approximate surface area is 154 Å². The smallest absolute Gasteiger partial charge is 0.240 e. The first-order valence-corrected chi connectivity index (χ1v) is 9.12. The molecule has 1 aliphatic heterocycles. The molecule has 0 saturated carbocycles. The van der Waals surface area contributed by atoms with Crippen LogP contribution < -0.4 is 4.90 Å². The molecule has 2 aromatic rings. The topological polar surface area (TPSA) is 26.8 Å². The molecule has 1 amide bonds. The summed E-state index contributed by atoms with van der Waals surface area (Å²) < 4.78 is 12.9. The molecule has 3 rings (SSSR count). The maximum atomic E-state index is 12.9. The number of likely N-dealkylation sites (N-methyl/N-ethyl adjacent to an activating group) is 1. The average molecular weight is 355 g/mol. The quantitative estimate of drug-likeness (QED) is 0.797. The molecule has 1 saturated heterocycles. The number of amides is 1. The van der Waals surface area contributed by atoms with E-state index in [0.29, 0.717) is 6.54 Å². The lowest BCUT2D eigenvalue weighted by Crippen LogP contribution is -2.50. The predicted molar refractivity (Wildman–Crippen MR) is 103 cm³/mol. The molecular formula is C21H26FN3O. The predicted octanol–water partition coefficient (Wildman–Crippen LogP) is 2.65. The number of benzene rings is 2. The molecule has 138 valence electrons. The van der Waals surface area contributed by atoms with Crippen LogP contribution in [-0.2, 0) is 11.2 Å². The van der Waals surface area contributed by atoms with Crippen molar-refractivity contribution in [3.63, 3.8) is 0 Å². The van der Waals surface area contributed by atoms with Crippen LogP contribution in [0.4, 0.5) is 10.1 Å². The molecule has 0 unspecified atom stereocenters. The largest absolute Gasteiger partial charge is 0.314 e. The lowest BCUT2D eigenvalue weighted by molar-refractivity contribution is -0.119. The first-order chi connectivity index (χ1) is 12.6. The first-order valence-electron chi connectivity index (χ1n) is 9.12. The fraction of sp³-hybridized carbons (Fsp3) is 0.381. The Bertz CT molecular complexity index is 697. The fourth-order valence-electron chi connectivity index (χ4n) is 3.20. The first kappa shape index (κ1) is 18.5. The molecule has 2 aromatic carbocycles. The molecule has 4 nitrogen and oxygen atoms in total. The van der Waals surface area contributed by atoms with Crippen molar-refractivity contribution in [1.29, 1.82) is 0 Å². The second kappa shape index (κ2) is 8.92. The van der Waals surface area contributed by atoms with E-state index in [1.165, 1.54) is 12.1 Å². The number of carbonyl (C=O) groups excluding carboxylic acids is 1. The Balaban J connectivity index is 1.40. The van der Waals surface area contributed by atoms with Gasteiger partial charge < -0.3 is 9.80 Å². The van der Waals surface area contributed by atoms with Gasteiger partial charge in [0, 0.05) is 45.5 Å². The lowest BCUT2D eigenvalue weighted by atomic mass is 10.1. The van der Waals surface area contributed by atoms with Crippen molar-refractivity contribution in [3.8, 4) is 0 Å². The molecule has 0 radical (unpaired) electrons. The molecule has 1 heterocycles. The monoisotopic (exact) mass is 355 g/mol. The number of piperazine rings is 1. The van der Waals surface area contributed by atoms with Crippen LogP contribution in [0.2, 0.25) is 0 Å². The van der Waals surface area contributed by atoms with E-state index in [4.69, 9.17) is 0 Å². The summed E-state index contributed by atoms with van der Waals surface area (Å²) in [5.41, 5.74) is 2.09. The summed E-state index contributed by atoms with van der Waals surface area (Å²) in [6.45, 7) is 5.15. The van der Waals surface area contributed by atoms with Gasteiger partial charge in [0.1, 0.15) is 5.82 Å². The third-order valence-electron chi connectivity index (χ3n) is 4.97. The van der Waals surface area contributed by atoms with Gasteiger partial charge in [-0.2, -0.15) is 0 Å². The highest BCUT2D eigenvalue weighted by Gasteiger charge is 2.20. The van der Waals surface area contributed by atoms with Gasteiger partial charge in [-0.3, -0.25) is 9.69 Å². The number of para-hydroxylation sites is 1. The van der Waals surface area contributed by atoms with E-state index < -0.39 is 0 Å². The number of carbonyl (C=O) groups is 1. The van der Waals surface area contributed by atoms with Crippen LogP contribution >= 0.6 is 0 Å². The van der Waals surface area contributed by atoms with E-state index in [1.807, 2.05) is 49.5 Å². The highest BCUT2D eigenvalue weighted by molar-refractivity contribution is 5.94. The number of halogens is 1. The van der Waals surface area contributed by atoms with E-state index in [1.54, 1.807) is 4.90 Å². The fourth-order valence-corrected chi connectivity index (χ4v) is 3.20. The van der Waals surface area contributed by atoms with Crippen molar-refractivity contribution < 1.29 is 9.18 Å². The summed E-state index contributed by atoms with van der Waals surface area (Å²) in [4.78, 5) is 18.8. The normalized spacial score (nSPS) is 15.8. The van der Waals surface area contributed by atoms with Gasteiger partial charge in [-0.05, 0) is 36.2 Å². The summed E-state index contributed by atoms with van der Waals surface area (Å²) >= 11 is 0. The summed E-state index contributed by atoms with van der Waals surface area (Å²) in [7, 11) is 1.83. The van der Waals surface area contributed by atoms with E-state index in [-0.39, 0.29) is 11.7 Å². The Morgan fingerprint density at radius 2 is 1.58 bits per heavy atom. The second-order valence-electron chi connectivity index (χ2n) is 6.78. The Morgan fingerprint density at radius 1 is 0.962 bits per heavy atom. The summed E-state index contributed by atoms with van der Waals surface area (Å²) in [6.07, 6.45) is 0.927. The van der Waals surface area contributed by atoms with Crippen molar-refractivity contribution in [2.45, 2.75) is 6.42 Å². The van der Waals surface area contributed by atoms with Gasteiger partial charge in [0.05, 0.1) is 6.54 Å². The zero-order chi connectivity index (χ0) is 18.4. The van der Waals surface area contributed by atoms with Gasteiger partial charge in [-0.15, -0.1) is 0 Å². The van der Waals surface area contributed by atoms with Gasteiger partial charge in [0.25, 0.3) is 0 Å². The maximum Gasteiger partial charge on any atom is 0.240 e. The van der Waals surface area contributed by atoms with Gasteiger partial charge >= 0.3 is 0 Å². The van der Waals surface area contributed by atoms with Crippen LogP contribution in [0.25, 0.3) is 0 Å². The zero-order valence-corrected chi connectivity index (χ0v) is 15.3. The number of hydrogen-bond acceptors (Lipinski definition) is 3. The highest BCUT2D eigenvalue weighted by atomic mass is 19.1. The van der Waals surface area contributed by atoms with E-state index in [2.05, 4.69) is 9.80 Å². The second-order valence-corrected chi connectivity index (χ2v) is 6.78. The SMILES string of the molecule is CN(C(=O)CN1CCN(CCc2ccc(F)cc2)CC1)c1ccccc1. The summed E-state index contributed by atoms with van der Waals surface area (Å²) in [5.74, 6) is -0.0662. The van der Waals surface area contributed by atoms with E-state index >= 15 is 0 Å². The molecule has 0 atom stereocenters. The van der Waals surface area contributed by atoms with Crippen LogP contribution in [0.3, 0.4) is 0 Å². The number of rotatable bonds is 6. The van der Waals surface area contributed by atoms with Gasteiger partial charge in [0.15, 0.2) is 0 Å². The molecule has 26 heavy (non-hydrogen) atoms. The Morgan fingerprint density at radius 3 is 2.23 bits per heavy atom. The maximum absolute atomic E-state index is 12.9.